The van der Waals surface area contributed by atoms with Gasteiger partial charge in [-0.3, -0.25) is 9.59 Å². The molecule has 0 radical (unpaired) electrons. The first-order valence-corrected chi connectivity index (χ1v) is 14.4. The summed E-state index contributed by atoms with van der Waals surface area (Å²) >= 11 is 0. The van der Waals surface area contributed by atoms with Crippen molar-refractivity contribution in [1.29, 1.82) is 0 Å². The summed E-state index contributed by atoms with van der Waals surface area (Å²) in [6, 6.07) is 0. The molecule has 0 aliphatic heterocycles. The number of esters is 1. The maximum atomic E-state index is 12.9. The number of fused-ring (bicyclic) bond motifs is 5. The molecule has 0 saturated heterocycles. The van der Waals surface area contributed by atoms with Gasteiger partial charge in [0.2, 0.25) is 0 Å². The van der Waals surface area contributed by atoms with Gasteiger partial charge in [-0.1, -0.05) is 53.2 Å². The molecule has 0 amide bonds. The minimum atomic E-state index is -0.857. The molecule has 1 N–H and O–H groups in total. The zero-order valence-corrected chi connectivity index (χ0v) is 24.3. The topological polar surface area (TPSA) is 80.7 Å². The molecule has 4 rings (SSSR count). The molecule has 3 saturated carbocycles. The quantitative estimate of drug-likeness (QED) is 0.232. The average Bonchev–Trinajstić information content (AvgIpc) is 3.09. The summed E-state index contributed by atoms with van der Waals surface area (Å²) in [7, 11) is 0. The first-order chi connectivity index (χ1) is 17.1. The maximum absolute atomic E-state index is 12.9. The van der Waals surface area contributed by atoms with Crippen molar-refractivity contribution in [2.24, 2.45) is 45.3 Å². The normalized spacial score (nSPS) is 41.7. The zero-order chi connectivity index (χ0) is 27.6. The Labute approximate surface area is 223 Å². The molecule has 3 fully saturated rings. The van der Waals surface area contributed by atoms with Gasteiger partial charge in [-0.15, -0.1) is 0 Å². The number of ether oxygens (including phenoxy) is 1. The van der Waals surface area contributed by atoms with Crippen molar-refractivity contribution in [3.63, 3.8) is 0 Å². The first-order valence-electron chi connectivity index (χ1n) is 14.4. The summed E-state index contributed by atoms with van der Waals surface area (Å²) in [6.07, 6.45) is 11.4. The van der Waals surface area contributed by atoms with Crippen molar-refractivity contribution in [1.82, 2.24) is 0 Å². The van der Waals surface area contributed by atoms with Crippen LogP contribution in [0.2, 0.25) is 0 Å². The Bertz CT molecular complexity index is 1040. The Morgan fingerprint density at radius 1 is 1.11 bits per heavy atom. The van der Waals surface area contributed by atoms with Gasteiger partial charge in [0.05, 0.1) is 0 Å². The first kappa shape index (κ1) is 28.1. The molecule has 206 valence electrons. The molecule has 8 atom stereocenters. The monoisotopic (exact) mass is 512 g/mol. The van der Waals surface area contributed by atoms with E-state index in [4.69, 9.17) is 4.74 Å². The lowest BCUT2D eigenvalue weighted by Crippen LogP contribution is -2.60. The summed E-state index contributed by atoms with van der Waals surface area (Å²) in [5.74, 6) is 0.808. The second-order valence-corrected chi connectivity index (χ2v) is 14.0. The van der Waals surface area contributed by atoms with Gasteiger partial charge in [-0.2, -0.15) is 0 Å². The summed E-state index contributed by atoms with van der Waals surface area (Å²) in [4.78, 5) is 36.6. The lowest BCUT2D eigenvalue weighted by atomic mass is 9.41. The molecule has 0 heterocycles. The summed E-state index contributed by atoms with van der Waals surface area (Å²) in [6.45, 7) is 17.0. The summed E-state index contributed by atoms with van der Waals surface area (Å²) in [5, 5.41) is 9.22. The van der Waals surface area contributed by atoms with E-state index in [1.54, 1.807) is 6.92 Å². The van der Waals surface area contributed by atoms with Gasteiger partial charge >= 0.3 is 11.9 Å². The predicted molar refractivity (Wildman–Crippen MR) is 145 cm³/mol. The highest BCUT2D eigenvalue weighted by Crippen LogP contribution is 2.73. The Morgan fingerprint density at radius 2 is 1.78 bits per heavy atom. The highest BCUT2D eigenvalue weighted by atomic mass is 16.5. The minimum absolute atomic E-state index is 0.00251. The Balaban J connectivity index is 1.73. The van der Waals surface area contributed by atoms with Gasteiger partial charge in [-0.25, -0.2) is 4.79 Å². The van der Waals surface area contributed by atoms with Gasteiger partial charge in [0.1, 0.15) is 11.9 Å². The van der Waals surface area contributed by atoms with Gasteiger partial charge in [0.25, 0.3) is 0 Å². The van der Waals surface area contributed by atoms with Gasteiger partial charge < -0.3 is 9.84 Å². The fourth-order valence-electron chi connectivity index (χ4n) is 9.67. The number of allylic oxidation sites excluding steroid dienone is 2. The molecule has 0 spiro atoms. The Hall–Kier alpha value is -1.91. The lowest BCUT2D eigenvalue weighted by Gasteiger charge is -2.64. The summed E-state index contributed by atoms with van der Waals surface area (Å²) < 4.78 is 6.20. The number of aliphatic carboxylic acids is 1. The van der Waals surface area contributed by atoms with Gasteiger partial charge in [0, 0.05) is 29.7 Å². The van der Waals surface area contributed by atoms with Crippen LogP contribution in [0.4, 0.5) is 0 Å². The van der Waals surface area contributed by atoms with E-state index in [1.807, 2.05) is 6.08 Å². The molecule has 37 heavy (non-hydrogen) atoms. The summed E-state index contributed by atoms with van der Waals surface area (Å²) in [5.41, 5.74) is 1.28. The molecule has 0 aromatic rings. The molecule has 0 unspecified atom stereocenters. The van der Waals surface area contributed by atoms with Crippen molar-refractivity contribution in [2.75, 3.05) is 0 Å². The van der Waals surface area contributed by atoms with Crippen molar-refractivity contribution < 1.29 is 24.2 Å². The van der Waals surface area contributed by atoms with E-state index in [0.29, 0.717) is 41.4 Å². The molecule has 4 aliphatic carbocycles. The fourth-order valence-corrected chi connectivity index (χ4v) is 9.67. The third kappa shape index (κ3) is 4.14. The molecular formula is C32H48O5. The van der Waals surface area contributed by atoms with Crippen LogP contribution >= 0.6 is 0 Å². The van der Waals surface area contributed by atoms with Crippen LogP contribution in [0.25, 0.3) is 0 Å². The van der Waals surface area contributed by atoms with Crippen LogP contribution in [0, 0.1) is 45.3 Å². The van der Waals surface area contributed by atoms with Crippen molar-refractivity contribution in [3.8, 4) is 0 Å². The minimum Gasteiger partial charge on any atom is -0.478 e. The van der Waals surface area contributed by atoms with E-state index < -0.39 is 5.97 Å². The van der Waals surface area contributed by atoms with Crippen LogP contribution in [0.5, 0.6) is 0 Å². The fraction of sp³-hybridized carbons (Fsp3) is 0.781. The molecular weight excluding hydrogens is 464 g/mol. The van der Waals surface area contributed by atoms with Crippen LogP contribution in [-0.2, 0) is 19.1 Å². The van der Waals surface area contributed by atoms with Crippen LogP contribution in [0.15, 0.2) is 23.3 Å². The average molecular weight is 513 g/mol. The van der Waals surface area contributed by atoms with Crippen LogP contribution < -0.4 is 0 Å². The smallest absolute Gasteiger partial charge is 0.330 e. The third-order valence-corrected chi connectivity index (χ3v) is 12.1. The molecule has 5 nitrogen and oxygen atoms in total. The van der Waals surface area contributed by atoms with Gasteiger partial charge in [0.15, 0.2) is 0 Å². The molecule has 0 aromatic carbocycles. The second-order valence-electron chi connectivity index (χ2n) is 14.0. The highest BCUT2D eigenvalue weighted by molar-refractivity contribution is 5.86. The van der Waals surface area contributed by atoms with E-state index in [9.17, 15) is 19.5 Å². The Kier molecular flexibility index (Phi) is 7.12. The zero-order valence-electron chi connectivity index (χ0n) is 24.3. The number of hydrogen-bond acceptors (Lipinski definition) is 4. The Morgan fingerprint density at radius 3 is 2.41 bits per heavy atom. The van der Waals surface area contributed by atoms with E-state index >= 15 is 0 Å². The standard InChI is InChI=1S/C32H48O5/c1-19(10-9-11-20(2)28(35)36)22-14-17-31(7)23-12-13-25-29(4,5)26(34)15-16-30(25,6)24(23)18-27(32(22,31)8)37-21(3)33/h11,18-19,22-23,25,27H,9-10,12-17H2,1-8H3,(H,35,36)/b20-11-/t19-,22-,23+,25+,27-,30-,31+,32+/m1/s1. The number of carbonyl (C=O) groups excluding carboxylic acids is 2. The van der Waals surface area contributed by atoms with Gasteiger partial charge in [-0.05, 0) is 92.4 Å². The van der Waals surface area contributed by atoms with Crippen molar-refractivity contribution >= 4 is 17.7 Å². The highest BCUT2D eigenvalue weighted by Gasteiger charge is 2.68. The van der Waals surface area contributed by atoms with Crippen LogP contribution in [0.1, 0.15) is 107 Å². The van der Waals surface area contributed by atoms with E-state index in [1.165, 1.54) is 12.5 Å². The van der Waals surface area contributed by atoms with Crippen molar-refractivity contribution in [2.45, 2.75) is 113 Å². The molecule has 5 heteroatoms. The largest absolute Gasteiger partial charge is 0.478 e. The molecule has 0 aromatic heterocycles. The predicted octanol–water partition coefficient (Wildman–Crippen LogP) is 7.15. The maximum Gasteiger partial charge on any atom is 0.330 e. The number of carboxylic acid groups (broad SMARTS) is 1. The molecule has 4 aliphatic rings. The lowest BCUT2D eigenvalue weighted by molar-refractivity contribution is -0.168. The third-order valence-electron chi connectivity index (χ3n) is 12.1. The van der Waals surface area contributed by atoms with Crippen molar-refractivity contribution in [3.05, 3.63) is 23.3 Å². The number of rotatable bonds is 6. The number of carboxylic acids is 1. The molecule has 0 bridgehead atoms. The van der Waals surface area contributed by atoms with Crippen LogP contribution in [-0.4, -0.2) is 28.9 Å². The number of ketones is 1. The number of Topliss-reactive ketones (excluding diaryl/α,β-unsaturated/α-hetero) is 1. The second kappa shape index (κ2) is 9.38. The van der Waals surface area contributed by atoms with E-state index in [2.05, 4.69) is 47.6 Å². The number of carbonyl (C=O) groups is 3. The number of hydrogen-bond donors (Lipinski definition) is 1. The SMILES string of the molecule is CC(=O)O[C@@H]1C=C2[C@H](CC[C@H]3C(C)(C)C(=O)CC[C@]23C)[C@]2(C)CC[C@H]([C@H](C)CC/C=C(/C)C(=O)O)[C@@]12C. The van der Waals surface area contributed by atoms with E-state index in [0.717, 1.165) is 44.9 Å². The van der Waals surface area contributed by atoms with E-state index in [-0.39, 0.29) is 33.7 Å². The van der Waals surface area contributed by atoms with Crippen LogP contribution in [0.3, 0.4) is 0 Å².